The Hall–Kier alpha value is -1.67. The van der Waals surface area contributed by atoms with Gasteiger partial charge >= 0.3 is 0 Å². The molecule has 0 aliphatic carbocycles. The molecule has 0 saturated carbocycles. The molecule has 0 N–H and O–H groups in total. The summed E-state index contributed by atoms with van der Waals surface area (Å²) in [5.41, 5.74) is 3.74. The average molecular weight is 673 g/mol. The van der Waals surface area contributed by atoms with Gasteiger partial charge in [0.25, 0.3) is 0 Å². The van der Waals surface area contributed by atoms with Crippen molar-refractivity contribution in [1.29, 1.82) is 0 Å². The first-order chi connectivity index (χ1) is 22.9. The third kappa shape index (κ3) is 9.95. The third-order valence-electron chi connectivity index (χ3n) is 9.50. The predicted molar refractivity (Wildman–Crippen MR) is 191 cm³/mol. The van der Waals surface area contributed by atoms with Crippen LogP contribution in [0.1, 0.15) is 122 Å². The molecule has 264 valence electrons. The number of rotatable bonds is 20. The maximum atomic E-state index is 7.41. The molecule has 2 aliphatic rings. The fourth-order valence-corrected chi connectivity index (χ4v) is 7.00. The van der Waals surface area contributed by atoms with Crippen molar-refractivity contribution >= 4 is 11.6 Å². The highest BCUT2D eigenvalue weighted by atomic mass is 35.5. The summed E-state index contributed by atoms with van der Waals surface area (Å²) in [7, 11) is 0. The van der Waals surface area contributed by atoms with Gasteiger partial charge in [-0.1, -0.05) is 96.2 Å². The summed E-state index contributed by atoms with van der Waals surface area (Å²) in [6, 6.07) is 13.0. The Balaban J connectivity index is 1.83. The fraction of sp³-hybridized carbons (Fsp3) is 0.700. The van der Waals surface area contributed by atoms with Gasteiger partial charge in [-0.05, 0) is 74.3 Å². The van der Waals surface area contributed by atoms with Gasteiger partial charge in [0, 0.05) is 43.4 Å². The zero-order chi connectivity index (χ0) is 33.6. The average Bonchev–Trinajstić information content (AvgIpc) is 3.06. The van der Waals surface area contributed by atoms with E-state index in [2.05, 4.69) is 71.9 Å². The number of fused-ring (bicyclic) bond motifs is 2. The molecule has 0 aromatic heterocycles. The summed E-state index contributed by atoms with van der Waals surface area (Å²) in [6.07, 6.45) is 9.00. The summed E-state index contributed by atoms with van der Waals surface area (Å²) in [4.78, 5) is 0. The van der Waals surface area contributed by atoms with Gasteiger partial charge < -0.3 is 28.4 Å². The Labute approximate surface area is 290 Å². The molecular formula is C40H61ClO6. The van der Waals surface area contributed by atoms with E-state index < -0.39 is 11.7 Å². The third-order valence-corrected chi connectivity index (χ3v) is 9.85. The van der Waals surface area contributed by atoms with Crippen LogP contribution in [0.15, 0.2) is 36.4 Å². The van der Waals surface area contributed by atoms with Gasteiger partial charge in [-0.25, -0.2) is 0 Å². The maximum absolute atomic E-state index is 7.41. The highest BCUT2D eigenvalue weighted by Crippen LogP contribution is 2.52. The minimum atomic E-state index is -0.827. The van der Waals surface area contributed by atoms with Crippen LogP contribution in [0.4, 0.5) is 0 Å². The molecule has 1 unspecified atom stereocenters. The Kier molecular flexibility index (Phi) is 15.8. The molecular weight excluding hydrogens is 612 g/mol. The second-order valence-electron chi connectivity index (χ2n) is 13.4. The van der Waals surface area contributed by atoms with Crippen LogP contribution in [0.2, 0.25) is 5.02 Å². The quantitative estimate of drug-likeness (QED) is 0.131. The monoisotopic (exact) mass is 672 g/mol. The van der Waals surface area contributed by atoms with E-state index in [4.69, 9.17) is 40.0 Å². The standard InChI is InChI=1S/C40H61ClO6/c1-7-12-20-42-28-36-37(43-21-13-8-2)38(44-22-14-9-3)39(45-23-15-10-4)40(47-36)27-29(6)46-35-26-34(41)32(25-33(35)40)24-31-18-16-30(11-5)17-19-31/h16-19,25-26,29,36-39H,7-15,20-24,27-28H2,1-6H3/t29?,36-,37-,38+,39-,40+/m1/s1. The van der Waals surface area contributed by atoms with Gasteiger partial charge in [-0.15, -0.1) is 0 Å². The first kappa shape index (κ1) is 38.1. The van der Waals surface area contributed by atoms with Crippen molar-refractivity contribution < 1.29 is 28.4 Å². The van der Waals surface area contributed by atoms with Gasteiger partial charge in [-0.3, -0.25) is 0 Å². The number of ether oxygens (including phenoxy) is 6. The van der Waals surface area contributed by atoms with Crippen LogP contribution in [0.5, 0.6) is 5.75 Å². The molecule has 0 amide bonds. The van der Waals surface area contributed by atoms with Crippen LogP contribution in [0.25, 0.3) is 0 Å². The van der Waals surface area contributed by atoms with Gasteiger partial charge in [-0.2, -0.15) is 0 Å². The fourth-order valence-electron chi connectivity index (χ4n) is 6.78. The van der Waals surface area contributed by atoms with E-state index in [1.54, 1.807) is 0 Å². The summed E-state index contributed by atoms with van der Waals surface area (Å²) < 4.78 is 40.7. The van der Waals surface area contributed by atoms with Crippen LogP contribution >= 0.6 is 11.6 Å². The molecule has 1 fully saturated rings. The first-order valence-corrected chi connectivity index (χ1v) is 19.0. The van der Waals surface area contributed by atoms with Gasteiger partial charge in [0.1, 0.15) is 35.8 Å². The minimum absolute atomic E-state index is 0.112. The molecule has 6 atom stereocenters. The summed E-state index contributed by atoms with van der Waals surface area (Å²) in [5.74, 6) is 0.756. The van der Waals surface area contributed by atoms with Gasteiger partial charge in [0.2, 0.25) is 0 Å². The van der Waals surface area contributed by atoms with Crippen molar-refractivity contribution in [3.8, 4) is 5.75 Å². The number of halogens is 1. The molecule has 1 spiro atoms. The molecule has 4 rings (SSSR count). The highest BCUT2D eigenvalue weighted by molar-refractivity contribution is 6.31. The van der Waals surface area contributed by atoms with E-state index in [9.17, 15) is 0 Å². The summed E-state index contributed by atoms with van der Waals surface area (Å²) in [5, 5.41) is 0.697. The van der Waals surface area contributed by atoms with E-state index in [1.807, 2.05) is 6.07 Å². The van der Waals surface area contributed by atoms with Crippen molar-refractivity contribution in [2.24, 2.45) is 0 Å². The van der Waals surface area contributed by atoms with Crippen LogP contribution < -0.4 is 4.74 Å². The smallest absolute Gasteiger partial charge is 0.129 e. The van der Waals surface area contributed by atoms with E-state index in [0.29, 0.717) is 50.9 Å². The zero-order valence-corrected chi connectivity index (χ0v) is 30.7. The normalized spacial score (nSPS) is 25.6. The Morgan fingerprint density at radius 3 is 2.00 bits per heavy atom. The van der Waals surface area contributed by atoms with Crippen molar-refractivity contribution in [3.63, 3.8) is 0 Å². The Morgan fingerprint density at radius 1 is 0.766 bits per heavy atom. The van der Waals surface area contributed by atoms with Crippen LogP contribution in [0, 0.1) is 0 Å². The number of aryl methyl sites for hydroxylation is 1. The van der Waals surface area contributed by atoms with Crippen LogP contribution in [-0.2, 0) is 42.1 Å². The summed E-state index contributed by atoms with van der Waals surface area (Å²) in [6.45, 7) is 16.1. The van der Waals surface area contributed by atoms with Crippen LogP contribution in [0.3, 0.4) is 0 Å². The number of benzene rings is 2. The van der Waals surface area contributed by atoms with Gasteiger partial charge in [0.05, 0.1) is 12.7 Å². The molecule has 6 nitrogen and oxygen atoms in total. The Morgan fingerprint density at radius 2 is 1.36 bits per heavy atom. The molecule has 1 saturated heterocycles. The SMILES string of the molecule is CCCCOC[C@H]1O[C@]2(CC(C)Oc3cc(Cl)c(Cc4ccc(CC)cc4)cc32)[C@H](OCCCC)[C@@H](OCCCC)[C@@H]1OCCCC. The molecule has 2 aromatic carbocycles. The van der Waals surface area contributed by atoms with E-state index in [0.717, 1.165) is 74.7 Å². The van der Waals surface area contributed by atoms with Gasteiger partial charge in [0.15, 0.2) is 0 Å². The summed E-state index contributed by atoms with van der Waals surface area (Å²) >= 11 is 7.00. The second kappa shape index (κ2) is 19.5. The minimum Gasteiger partial charge on any atom is -0.490 e. The molecule has 2 aliphatic heterocycles. The molecule has 0 radical (unpaired) electrons. The van der Waals surface area contributed by atoms with Crippen molar-refractivity contribution in [2.45, 2.75) is 148 Å². The van der Waals surface area contributed by atoms with Crippen molar-refractivity contribution in [3.05, 3.63) is 63.7 Å². The zero-order valence-electron chi connectivity index (χ0n) is 30.0. The maximum Gasteiger partial charge on any atom is 0.129 e. The lowest BCUT2D eigenvalue weighted by Gasteiger charge is -2.55. The van der Waals surface area contributed by atoms with Crippen LogP contribution in [-0.4, -0.2) is 63.6 Å². The number of unbranched alkanes of at least 4 members (excludes halogenated alkanes) is 4. The molecule has 7 heteroatoms. The Bertz CT molecular complexity index is 1190. The second-order valence-corrected chi connectivity index (χ2v) is 13.8. The van der Waals surface area contributed by atoms with Crippen molar-refractivity contribution in [1.82, 2.24) is 0 Å². The van der Waals surface area contributed by atoms with E-state index >= 15 is 0 Å². The topological polar surface area (TPSA) is 55.4 Å². The lowest BCUT2D eigenvalue weighted by molar-refractivity contribution is -0.315. The van der Waals surface area contributed by atoms with E-state index in [1.165, 1.54) is 11.1 Å². The van der Waals surface area contributed by atoms with Crippen molar-refractivity contribution in [2.75, 3.05) is 33.0 Å². The molecule has 2 aromatic rings. The largest absolute Gasteiger partial charge is 0.490 e. The molecule has 0 bridgehead atoms. The molecule has 2 heterocycles. The lowest BCUT2D eigenvalue weighted by Crippen LogP contribution is -2.67. The number of hydrogen-bond acceptors (Lipinski definition) is 6. The predicted octanol–water partition coefficient (Wildman–Crippen LogP) is 9.63. The number of hydrogen-bond donors (Lipinski definition) is 0. The highest BCUT2D eigenvalue weighted by Gasteiger charge is 2.60. The lowest BCUT2D eigenvalue weighted by atomic mass is 9.74. The van der Waals surface area contributed by atoms with E-state index in [-0.39, 0.29) is 24.4 Å². The molecule has 47 heavy (non-hydrogen) atoms. The first-order valence-electron chi connectivity index (χ1n) is 18.6.